The summed E-state index contributed by atoms with van der Waals surface area (Å²) < 4.78 is 10.7. The molecule has 0 radical (unpaired) electrons. The van der Waals surface area contributed by atoms with Gasteiger partial charge in [-0.3, -0.25) is 4.98 Å². The molecule has 0 aliphatic rings. The number of ether oxygens (including phenoxy) is 2. The predicted molar refractivity (Wildman–Crippen MR) is 78.2 cm³/mol. The van der Waals surface area contributed by atoms with Crippen LogP contribution in [0.25, 0.3) is 22.0 Å². The molecule has 0 bridgehead atoms. The monoisotopic (exact) mass is 271 g/mol. The van der Waals surface area contributed by atoms with Crippen LogP contribution in [-0.2, 0) is 0 Å². The smallest absolute Gasteiger partial charge is 0.187 e. The lowest BCUT2D eigenvalue weighted by atomic mass is 10.1. The van der Waals surface area contributed by atoms with Gasteiger partial charge in [-0.15, -0.1) is 0 Å². The summed E-state index contributed by atoms with van der Waals surface area (Å²) in [5.41, 5.74) is 3.12. The predicted octanol–water partition coefficient (Wildman–Crippen LogP) is 3.98. The van der Waals surface area contributed by atoms with Gasteiger partial charge in [0.2, 0.25) is 0 Å². The second-order valence-corrected chi connectivity index (χ2v) is 4.89. The van der Waals surface area contributed by atoms with Gasteiger partial charge < -0.3 is 9.47 Å². The van der Waals surface area contributed by atoms with E-state index in [-0.39, 0.29) is 0 Å². The average Bonchev–Trinajstić information content (AvgIpc) is 2.99. The maximum absolute atomic E-state index is 5.39. The van der Waals surface area contributed by atoms with Crippen molar-refractivity contribution in [1.29, 1.82) is 0 Å². The van der Waals surface area contributed by atoms with Gasteiger partial charge in [-0.1, -0.05) is 0 Å². The van der Waals surface area contributed by atoms with Crippen LogP contribution in [-0.4, -0.2) is 19.2 Å². The van der Waals surface area contributed by atoms with Crippen LogP contribution in [0.1, 0.15) is 0 Å². The number of thiophene rings is 1. The molecule has 2 heterocycles. The molecule has 3 nitrogen and oxygen atoms in total. The third-order valence-electron chi connectivity index (χ3n) is 3.05. The molecule has 96 valence electrons. The summed E-state index contributed by atoms with van der Waals surface area (Å²) in [7, 11) is 3.26. The van der Waals surface area contributed by atoms with Crippen LogP contribution in [0.4, 0.5) is 0 Å². The zero-order valence-corrected chi connectivity index (χ0v) is 11.5. The number of hydrogen-bond acceptors (Lipinski definition) is 4. The Kier molecular flexibility index (Phi) is 3.09. The molecule has 1 aromatic carbocycles. The zero-order valence-electron chi connectivity index (χ0n) is 10.7. The van der Waals surface area contributed by atoms with E-state index >= 15 is 0 Å². The van der Waals surface area contributed by atoms with Crippen molar-refractivity contribution in [2.45, 2.75) is 0 Å². The summed E-state index contributed by atoms with van der Waals surface area (Å²) in [6, 6.07) is 8.11. The fourth-order valence-electron chi connectivity index (χ4n) is 2.10. The van der Waals surface area contributed by atoms with E-state index in [9.17, 15) is 0 Å². The van der Waals surface area contributed by atoms with Gasteiger partial charge in [-0.25, -0.2) is 0 Å². The lowest BCUT2D eigenvalue weighted by molar-refractivity contribution is 0.358. The van der Waals surface area contributed by atoms with E-state index in [0.29, 0.717) is 11.5 Å². The standard InChI is InChI=1S/C15H13NO2S/c1-17-13-4-3-10-7-12(11-5-6-19-9-11)8-16-14(10)15(13)18-2/h3-9H,1-2H3. The highest BCUT2D eigenvalue weighted by Crippen LogP contribution is 2.35. The first kappa shape index (κ1) is 12.0. The van der Waals surface area contributed by atoms with Crippen LogP contribution in [0.5, 0.6) is 11.5 Å². The van der Waals surface area contributed by atoms with Crippen LogP contribution < -0.4 is 9.47 Å². The van der Waals surface area contributed by atoms with Crippen molar-refractivity contribution in [3.8, 4) is 22.6 Å². The Morgan fingerprint density at radius 3 is 2.63 bits per heavy atom. The second kappa shape index (κ2) is 4.90. The average molecular weight is 271 g/mol. The van der Waals surface area contributed by atoms with Crippen molar-refractivity contribution in [3.63, 3.8) is 0 Å². The molecule has 0 atom stereocenters. The van der Waals surface area contributed by atoms with Gasteiger partial charge in [0.05, 0.1) is 14.2 Å². The summed E-state index contributed by atoms with van der Waals surface area (Å²) >= 11 is 1.68. The van der Waals surface area contributed by atoms with E-state index in [1.165, 1.54) is 5.56 Å². The Labute approximate surface area is 115 Å². The third-order valence-corrected chi connectivity index (χ3v) is 3.73. The molecular weight excluding hydrogens is 258 g/mol. The second-order valence-electron chi connectivity index (χ2n) is 4.11. The number of benzene rings is 1. The van der Waals surface area contributed by atoms with Gasteiger partial charge in [0, 0.05) is 17.1 Å². The molecule has 4 heteroatoms. The van der Waals surface area contributed by atoms with Crippen molar-refractivity contribution in [1.82, 2.24) is 4.98 Å². The maximum Gasteiger partial charge on any atom is 0.187 e. The summed E-state index contributed by atoms with van der Waals surface area (Å²) in [6.45, 7) is 0. The topological polar surface area (TPSA) is 31.4 Å². The maximum atomic E-state index is 5.39. The lowest BCUT2D eigenvalue weighted by Crippen LogP contribution is -1.93. The zero-order chi connectivity index (χ0) is 13.2. The number of rotatable bonds is 3. The van der Waals surface area contributed by atoms with E-state index < -0.39 is 0 Å². The Hall–Kier alpha value is -2.07. The number of pyridine rings is 1. The lowest BCUT2D eigenvalue weighted by Gasteiger charge is -2.10. The fraction of sp³-hybridized carbons (Fsp3) is 0.133. The van der Waals surface area contributed by atoms with Gasteiger partial charge >= 0.3 is 0 Å². The van der Waals surface area contributed by atoms with E-state index in [0.717, 1.165) is 16.5 Å². The molecule has 0 spiro atoms. The molecule has 2 aromatic heterocycles. The molecule has 0 aliphatic heterocycles. The number of fused-ring (bicyclic) bond motifs is 1. The van der Waals surface area contributed by atoms with Crippen LogP contribution in [0.3, 0.4) is 0 Å². The first-order valence-corrected chi connectivity index (χ1v) is 6.81. The van der Waals surface area contributed by atoms with Gasteiger partial charge in [0.15, 0.2) is 11.5 Å². The fourth-order valence-corrected chi connectivity index (χ4v) is 2.77. The highest BCUT2D eigenvalue weighted by molar-refractivity contribution is 7.08. The van der Waals surface area contributed by atoms with Gasteiger partial charge in [0.25, 0.3) is 0 Å². The molecular formula is C15H13NO2S. The molecule has 0 saturated heterocycles. The minimum Gasteiger partial charge on any atom is -0.493 e. The van der Waals surface area contributed by atoms with Crippen molar-refractivity contribution in [2.75, 3.05) is 14.2 Å². The normalized spacial score (nSPS) is 10.6. The van der Waals surface area contributed by atoms with Gasteiger partial charge in [-0.05, 0) is 40.6 Å². The largest absolute Gasteiger partial charge is 0.493 e. The van der Waals surface area contributed by atoms with Crippen molar-refractivity contribution >= 4 is 22.2 Å². The molecule has 0 unspecified atom stereocenters. The molecule has 0 saturated carbocycles. The molecule has 0 aliphatic carbocycles. The summed E-state index contributed by atoms with van der Waals surface area (Å²) in [6.07, 6.45) is 1.87. The van der Waals surface area contributed by atoms with E-state index in [1.807, 2.05) is 18.3 Å². The molecule has 0 amide bonds. The molecule has 3 rings (SSSR count). The van der Waals surface area contributed by atoms with Crippen LogP contribution in [0.2, 0.25) is 0 Å². The molecule has 0 N–H and O–H groups in total. The molecule has 0 fully saturated rings. The Morgan fingerprint density at radius 1 is 1.05 bits per heavy atom. The SMILES string of the molecule is COc1ccc2cc(-c3ccsc3)cnc2c1OC. The van der Waals surface area contributed by atoms with Gasteiger partial charge in [0.1, 0.15) is 5.52 Å². The van der Waals surface area contributed by atoms with Crippen LogP contribution in [0.15, 0.2) is 41.2 Å². The first-order valence-electron chi connectivity index (χ1n) is 5.87. The summed E-state index contributed by atoms with van der Waals surface area (Å²) in [5.74, 6) is 1.38. The number of nitrogens with zero attached hydrogens (tertiary/aromatic N) is 1. The first-order chi connectivity index (χ1) is 9.33. The van der Waals surface area contributed by atoms with Gasteiger partial charge in [-0.2, -0.15) is 11.3 Å². The minimum absolute atomic E-state index is 0.678. The number of aromatic nitrogens is 1. The molecule has 3 aromatic rings. The summed E-state index contributed by atoms with van der Waals surface area (Å²) in [4.78, 5) is 4.52. The third kappa shape index (κ3) is 2.04. The quantitative estimate of drug-likeness (QED) is 0.722. The van der Waals surface area contributed by atoms with Crippen molar-refractivity contribution in [2.24, 2.45) is 0 Å². The van der Waals surface area contributed by atoms with E-state index in [1.54, 1.807) is 25.6 Å². The minimum atomic E-state index is 0.678. The van der Waals surface area contributed by atoms with Crippen LogP contribution in [0, 0.1) is 0 Å². The Morgan fingerprint density at radius 2 is 1.95 bits per heavy atom. The summed E-state index contributed by atoms with van der Waals surface area (Å²) in [5, 5.41) is 5.22. The van der Waals surface area contributed by atoms with Crippen molar-refractivity contribution in [3.05, 3.63) is 41.2 Å². The van der Waals surface area contributed by atoms with E-state index in [4.69, 9.17) is 9.47 Å². The number of methoxy groups -OCH3 is 2. The molecule has 19 heavy (non-hydrogen) atoms. The van der Waals surface area contributed by atoms with E-state index in [2.05, 4.69) is 27.9 Å². The number of hydrogen-bond donors (Lipinski definition) is 0. The highest BCUT2D eigenvalue weighted by atomic mass is 32.1. The Balaban J connectivity index is 2.20. The van der Waals surface area contributed by atoms with Crippen molar-refractivity contribution < 1.29 is 9.47 Å². The highest BCUT2D eigenvalue weighted by Gasteiger charge is 2.11. The Bertz CT molecular complexity index is 707. The van der Waals surface area contributed by atoms with Crippen LogP contribution >= 0.6 is 11.3 Å².